The summed E-state index contributed by atoms with van der Waals surface area (Å²) in [5, 5.41) is 2.40. The summed E-state index contributed by atoms with van der Waals surface area (Å²) in [5.41, 5.74) is 10.3. The fourth-order valence-corrected chi connectivity index (χ4v) is 5.10. The minimum absolute atomic E-state index is 0.222. The molecular weight excluding hydrogens is 460 g/mol. The van der Waals surface area contributed by atoms with E-state index in [0.29, 0.717) is 30.8 Å². The highest BCUT2D eigenvalue weighted by atomic mass is 16.5. The van der Waals surface area contributed by atoms with Gasteiger partial charge in [0.05, 0.1) is 19.8 Å². The van der Waals surface area contributed by atoms with E-state index in [2.05, 4.69) is 34.5 Å². The molecule has 2 saturated heterocycles. The maximum Gasteiger partial charge on any atom is 0.255 e. The van der Waals surface area contributed by atoms with Crippen LogP contribution in [0.5, 0.6) is 5.75 Å². The highest BCUT2D eigenvalue weighted by Crippen LogP contribution is 2.36. The van der Waals surface area contributed by atoms with E-state index in [1.165, 1.54) is 5.56 Å². The molecule has 3 aliphatic rings. The Kier molecular flexibility index (Phi) is 7.31. The van der Waals surface area contributed by atoms with E-state index in [4.69, 9.17) is 15.2 Å². The number of ether oxygens (including phenoxy) is 2. The average molecular weight is 493 g/mol. The predicted molar refractivity (Wildman–Crippen MR) is 132 cm³/mol. The summed E-state index contributed by atoms with van der Waals surface area (Å²) < 4.78 is 11.7. The van der Waals surface area contributed by atoms with E-state index in [9.17, 15) is 14.4 Å². The predicted octanol–water partition coefficient (Wildman–Crippen LogP) is 1.71. The lowest BCUT2D eigenvalue weighted by atomic mass is 10.0. The zero-order chi connectivity index (χ0) is 25.1. The Hall–Kier alpha value is -3.27. The molecule has 0 aromatic heterocycles. The Morgan fingerprint density at radius 2 is 1.78 bits per heavy atom. The number of amides is 3. The number of carbonyl (C=O) groups excluding carboxylic acids is 3. The molecule has 3 aliphatic heterocycles. The molecule has 0 aliphatic carbocycles. The molecule has 3 N–H and O–H groups in total. The molecule has 0 radical (unpaired) electrons. The maximum absolute atomic E-state index is 13.2. The average Bonchev–Trinajstić information content (AvgIpc) is 3.12. The van der Waals surface area contributed by atoms with Crippen molar-refractivity contribution in [2.75, 3.05) is 26.3 Å². The van der Waals surface area contributed by atoms with Crippen LogP contribution in [0.15, 0.2) is 36.4 Å². The third kappa shape index (κ3) is 5.13. The van der Waals surface area contributed by atoms with Gasteiger partial charge in [0.2, 0.25) is 11.8 Å². The van der Waals surface area contributed by atoms with Crippen LogP contribution in [-0.4, -0.2) is 59.9 Å². The fraction of sp³-hybridized carbons (Fsp3) is 0.444. The van der Waals surface area contributed by atoms with Crippen LogP contribution in [0.3, 0.4) is 0 Å². The van der Waals surface area contributed by atoms with Crippen molar-refractivity contribution in [1.29, 1.82) is 0 Å². The molecule has 0 unspecified atom stereocenters. The SMILES string of the molecule is NCc1ccc2c(c1OCc1ccc(CN3CCOCC3)cc1)CN([C@H]1CCCC(=O)NC1=O)C2=O. The standard InChI is InChI=1S/C27H32N4O5/c28-14-20-8-9-21-22(16-31(27(21)34)23-2-1-3-24(32)29-26(23)33)25(20)36-17-19-6-4-18(5-7-19)15-30-10-12-35-13-11-30/h4-9,23H,1-3,10-17,28H2,(H,29,32,33)/t23-/m0/s1. The Balaban J connectivity index is 1.30. The van der Waals surface area contributed by atoms with Crippen molar-refractivity contribution in [3.63, 3.8) is 0 Å². The molecule has 2 fully saturated rings. The van der Waals surface area contributed by atoms with Crippen molar-refractivity contribution in [3.8, 4) is 5.75 Å². The summed E-state index contributed by atoms with van der Waals surface area (Å²) in [7, 11) is 0. The van der Waals surface area contributed by atoms with E-state index in [-0.39, 0.29) is 31.3 Å². The fourth-order valence-electron chi connectivity index (χ4n) is 5.10. The molecule has 9 nitrogen and oxygen atoms in total. The first kappa shape index (κ1) is 24.4. The van der Waals surface area contributed by atoms with E-state index >= 15 is 0 Å². The van der Waals surface area contributed by atoms with Gasteiger partial charge in [0, 0.05) is 49.3 Å². The van der Waals surface area contributed by atoms with E-state index in [1.54, 1.807) is 11.0 Å². The highest BCUT2D eigenvalue weighted by molar-refractivity contribution is 6.04. The van der Waals surface area contributed by atoms with E-state index in [1.807, 2.05) is 6.07 Å². The van der Waals surface area contributed by atoms with Crippen LogP contribution in [0.2, 0.25) is 0 Å². The molecule has 3 heterocycles. The number of imide groups is 1. The van der Waals surface area contributed by atoms with Gasteiger partial charge in [-0.25, -0.2) is 0 Å². The molecule has 0 saturated carbocycles. The van der Waals surface area contributed by atoms with Crippen LogP contribution in [0, 0.1) is 0 Å². The van der Waals surface area contributed by atoms with Gasteiger partial charge < -0.3 is 20.1 Å². The van der Waals surface area contributed by atoms with Crippen LogP contribution in [0.25, 0.3) is 0 Å². The Morgan fingerprint density at radius 1 is 1.03 bits per heavy atom. The van der Waals surface area contributed by atoms with Gasteiger partial charge in [0.15, 0.2) is 0 Å². The zero-order valence-corrected chi connectivity index (χ0v) is 20.3. The van der Waals surface area contributed by atoms with Crippen LogP contribution < -0.4 is 15.8 Å². The number of nitrogens with two attached hydrogens (primary N) is 1. The lowest BCUT2D eigenvalue weighted by Crippen LogP contribution is -2.46. The Labute approximate surface area is 210 Å². The Morgan fingerprint density at radius 3 is 2.53 bits per heavy atom. The number of morpholine rings is 1. The van der Waals surface area contributed by atoms with Crippen LogP contribution >= 0.6 is 0 Å². The van der Waals surface area contributed by atoms with Gasteiger partial charge in [-0.15, -0.1) is 0 Å². The van der Waals surface area contributed by atoms with Crippen molar-refractivity contribution in [2.45, 2.75) is 51.5 Å². The van der Waals surface area contributed by atoms with Crippen molar-refractivity contribution < 1.29 is 23.9 Å². The molecule has 0 spiro atoms. The molecule has 2 aromatic rings. The Bertz CT molecular complexity index is 1140. The smallest absolute Gasteiger partial charge is 0.255 e. The van der Waals surface area contributed by atoms with Gasteiger partial charge in [-0.3, -0.25) is 24.6 Å². The molecule has 3 amide bonds. The monoisotopic (exact) mass is 492 g/mol. The maximum atomic E-state index is 13.2. The molecule has 2 aromatic carbocycles. The number of benzene rings is 2. The largest absolute Gasteiger partial charge is 0.488 e. The summed E-state index contributed by atoms with van der Waals surface area (Å²) in [4.78, 5) is 41.5. The lowest BCUT2D eigenvalue weighted by Gasteiger charge is -2.26. The molecular formula is C27H32N4O5. The zero-order valence-electron chi connectivity index (χ0n) is 20.3. The van der Waals surface area contributed by atoms with Crippen molar-refractivity contribution in [2.24, 2.45) is 5.73 Å². The van der Waals surface area contributed by atoms with Crippen molar-refractivity contribution in [3.05, 3.63) is 64.2 Å². The van der Waals surface area contributed by atoms with Crippen molar-refractivity contribution in [1.82, 2.24) is 15.1 Å². The minimum Gasteiger partial charge on any atom is -0.488 e. The van der Waals surface area contributed by atoms with Crippen LogP contribution in [-0.2, 0) is 40.6 Å². The summed E-state index contributed by atoms with van der Waals surface area (Å²) in [6, 6.07) is 11.3. The third-order valence-corrected chi connectivity index (χ3v) is 7.12. The summed E-state index contributed by atoms with van der Waals surface area (Å²) in [6.07, 6.45) is 1.30. The van der Waals surface area contributed by atoms with E-state index in [0.717, 1.165) is 49.5 Å². The van der Waals surface area contributed by atoms with Gasteiger partial charge in [-0.1, -0.05) is 30.3 Å². The molecule has 36 heavy (non-hydrogen) atoms. The van der Waals surface area contributed by atoms with Crippen molar-refractivity contribution >= 4 is 17.7 Å². The minimum atomic E-state index is -0.676. The number of carbonyl (C=O) groups is 3. The first-order chi connectivity index (χ1) is 17.5. The first-order valence-corrected chi connectivity index (χ1v) is 12.5. The molecule has 5 rings (SSSR count). The quantitative estimate of drug-likeness (QED) is 0.566. The number of fused-ring (bicyclic) bond motifs is 1. The van der Waals surface area contributed by atoms with Gasteiger partial charge in [-0.05, 0) is 30.0 Å². The lowest BCUT2D eigenvalue weighted by molar-refractivity contribution is -0.132. The van der Waals surface area contributed by atoms with Gasteiger partial charge in [0.1, 0.15) is 18.4 Å². The van der Waals surface area contributed by atoms with Gasteiger partial charge in [-0.2, -0.15) is 0 Å². The highest BCUT2D eigenvalue weighted by Gasteiger charge is 2.39. The van der Waals surface area contributed by atoms with Gasteiger partial charge >= 0.3 is 0 Å². The number of nitrogens with one attached hydrogen (secondary N) is 1. The summed E-state index contributed by atoms with van der Waals surface area (Å²) in [5.74, 6) is -0.330. The summed E-state index contributed by atoms with van der Waals surface area (Å²) in [6.45, 7) is 5.21. The number of nitrogens with zero attached hydrogens (tertiary/aromatic N) is 2. The third-order valence-electron chi connectivity index (χ3n) is 7.12. The normalized spacial score (nSPS) is 20.8. The number of rotatable bonds is 7. The second kappa shape index (κ2) is 10.8. The number of hydrogen-bond donors (Lipinski definition) is 2. The van der Waals surface area contributed by atoms with Crippen LogP contribution in [0.1, 0.15) is 51.9 Å². The van der Waals surface area contributed by atoms with Gasteiger partial charge in [0.25, 0.3) is 5.91 Å². The molecule has 9 heteroatoms. The first-order valence-electron chi connectivity index (χ1n) is 12.5. The topological polar surface area (TPSA) is 114 Å². The summed E-state index contributed by atoms with van der Waals surface area (Å²) >= 11 is 0. The molecule has 190 valence electrons. The molecule has 1 atom stereocenters. The van der Waals surface area contributed by atoms with E-state index < -0.39 is 11.9 Å². The molecule has 0 bridgehead atoms. The van der Waals surface area contributed by atoms with Crippen LogP contribution in [0.4, 0.5) is 0 Å². The number of hydrogen-bond acceptors (Lipinski definition) is 7. The second-order valence-electron chi connectivity index (χ2n) is 9.53. The second-order valence-corrected chi connectivity index (χ2v) is 9.53.